The molecule has 1 aliphatic heterocycles. The van der Waals surface area contributed by atoms with Crippen molar-refractivity contribution in [1.29, 1.82) is 0 Å². The van der Waals surface area contributed by atoms with Gasteiger partial charge in [0.15, 0.2) is 0 Å². The summed E-state index contributed by atoms with van der Waals surface area (Å²) < 4.78 is 0.544. The Morgan fingerprint density at radius 3 is 2.16 bits per heavy atom. The molecule has 8 heteroatoms. The summed E-state index contributed by atoms with van der Waals surface area (Å²) in [5.41, 5.74) is 1.45. The third-order valence-electron chi connectivity index (χ3n) is 5.06. The van der Waals surface area contributed by atoms with Crippen LogP contribution >= 0.6 is 24.0 Å². The van der Waals surface area contributed by atoms with Gasteiger partial charge in [-0.1, -0.05) is 74.6 Å². The van der Waals surface area contributed by atoms with Gasteiger partial charge in [0, 0.05) is 25.6 Å². The topological polar surface area (TPSA) is 86.7 Å². The fraction of sp³-hybridized carbons (Fsp3) is 0.478. The average molecular weight is 463 g/mol. The van der Waals surface area contributed by atoms with Gasteiger partial charge in [-0.25, -0.2) is 0 Å². The van der Waals surface area contributed by atoms with Gasteiger partial charge >= 0.3 is 5.97 Å². The highest BCUT2D eigenvalue weighted by Gasteiger charge is 2.28. The molecule has 2 N–H and O–H groups in total. The Labute approximate surface area is 193 Å². The Hall–Kier alpha value is -2.19. The number of amides is 2. The van der Waals surface area contributed by atoms with E-state index in [1.165, 1.54) is 16.7 Å². The number of unbranched alkanes of at least 4 members (excludes halogenated alkanes) is 7. The first-order chi connectivity index (χ1) is 14.9. The number of carboxylic acid groups (broad SMARTS) is 1. The molecule has 2 amide bonds. The Kier molecular flexibility index (Phi) is 10.7. The molecule has 0 atom stereocenters. The summed E-state index contributed by atoms with van der Waals surface area (Å²) in [4.78, 5) is 36.8. The maximum Gasteiger partial charge on any atom is 0.303 e. The number of nitrogens with zero attached hydrogens (tertiary/aromatic N) is 1. The van der Waals surface area contributed by atoms with E-state index in [1.54, 1.807) is 25.3 Å². The highest BCUT2D eigenvalue weighted by molar-refractivity contribution is 8.26. The zero-order chi connectivity index (χ0) is 22.6. The lowest BCUT2D eigenvalue weighted by Crippen LogP contribution is -2.24. The average Bonchev–Trinajstić information content (AvgIpc) is 2.98. The highest BCUT2D eigenvalue weighted by Crippen LogP contribution is 2.31. The number of carbonyl (C=O) groups is 3. The quantitative estimate of drug-likeness (QED) is 0.248. The van der Waals surface area contributed by atoms with E-state index < -0.39 is 5.97 Å². The van der Waals surface area contributed by atoms with Crippen molar-refractivity contribution >= 4 is 52.2 Å². The molecule has 1 fully saturated rings. The first-order valence-corrected chi connectivity index (χ1v) is 11.9. The molecule has 2 rings (SSSR count). The van der Waals surface area contributed by atoms with Crippen molar-refractivity contribution in [3.8, 4) is 0 Å². The summed E-state index contributed by atoms with van der Waals surface area (Å²) in [6, 6.07) is 7.18. The molecule has 1 aliphatic rings. The van der Waals surface area contributed by atoms with Gasteiger partial charge in [0.25, 0.3) is 11.8 Å². The van der Waals surface area contributed by atoms with Crippen LogP contribution in [0, 0.1) is 0 Å². The number of carboxylic acids is 1. The van der Waals surface area contributed by atoms with Crippen LogP contribution in [0.15, 0.2) is 29.2 Å². The molecular weight excluding hydrogens is 432 g/mol. The van der Waals surface area contributed by atoms with Crippen LogP contribution in [0.1, 0.15) is 73.7 Å². The van der Waals surface area contributed by atoms with Crippen LogP contribution in [0.2, 0.25) is 0 Å². The van der Waals surface area contributed by atoms with Gasteiger partial charge in [0.1, 0.15) is 4.32 Å². The van der Waals surface area contributed by atoms with Crippen LogP contribution in [0.5, 0.6) is 0 Å². The molecule has 1 aromatic rings. The zero-order valence-electron chi connectivity index (χ0n) is 17.9. The van der Waals surface area contributed by atoms with Crippen molar-refractivity contribution in [3.63, 3.8) is 0 Å². The molecule has 0 radical (unpaired) electrons. The lowest BCUT2D eigenvalue weighted by Gasteiger charge is -2.06. The number of nitrogens with one attached hydrogen (secondary N) is 1. The Morgan fingerprint density at radius 2 is 1.61 bits per heavy atom. The predicted molar refractivity (Wildman–Crippen MR) is 129 cm³/mol. The fourth-order valence-electron chi connectivity index (χ4n) is 3.19. The standard InChI is InChI=1S/C23H30N2O4S2/c1-25-22(29)19(31-23(25)30)16-17-11-13-18(14-12-17)21(28)24-15-9-7-5-3-2-4-6-8-10-20(26)27/h11-14,16H,2-10,15H2,1H3,(H,24,28)(H,26,27)/b19-16-. The van der Waals surface area contributed by atoms with E-state index in [2.05, 4.69) is 5.32 Å². The van der Waals surface area contributed by atoms with Gasteiger partial charge < -0.3 is 10.4 Å². The monoisotopic (exact) mass is 462 g/mol. The van der Waals surface area contributed by atoms with Crippen molar-refractivity contribution in [3.05, 3.63) is 40.3 Å². The van der Waals surface area contributed by atoms with E-state index in [1.807, 2.05) is 12.1 Å². The van der Waals surface area contributed by atoms with Crippen molar-refractivity contribution < 1.29 is 19.5 Å². The maximum atomic E-state index is 12.3. The summed E-state index contributed by atoms with van der Waals surface area (Å²) in [5.74, 6) is -0.909. The van der Waals surface area contributed by atoms with Crippen LogP contribution in [-0.2, 0) is 9.59 Å². The molecule has 0 aromatic heterocycles. The molecular formula is C23H30N2O4S2. The lowest BCUT2D eigenvalue weighted by atomic mass is 10.1. The van der Waals surface area contributed by atoms with Gasteiger partial charge in [0.2, 0.25) is 0 Å². The lowest BCUT2D eigenvalue weighted by molar-refractivity contribution is -0.137. The number of hydrogen-bond acceptors (Lipinski definition) is 5. The summed E-state index contributed by atoms with van der Waals surface area (Å²) in [7, 11) is 1.66. The van der Waals surface area contributed by atoms with E-state index in [9.17, 15) is 14.4 Å². The van der Waals surface area contributed by atoms with Gasteiger partial charge in [-0.2, -0.15) is 0 Å². The van der Waals surface area contributed by atoms with Gasteiger partial charge in [-0.3, -0.25) is 19.3 Å². The number of likely N-dealkylation sites (N-methyl/N-ethyl adjacent to an activating group) is 1. The summed E-state index contributed by atoms with van der Waals surface area (Å²) >= 11 is 6.41. The number of carbonyl (C=O) groups excluding carboxylic acids is 2. The SMILES string of the molecule is CN1C(=O)/C(=C/c2ccc(C(=O)NCCCCCCCCCCC(=O)O)cc2)SC1=S. The second kappa shape index (κ2) is 13.3. The van der Waals surface area contributed by atoms with E-state index >= 15 is 0 Å². The van der Waals surface area contributed by atoms with E-state index in [-0.39, 0.29) is 18.2 Å². The Morgan fingerprint density at radius 1 is 1.03 bits per heavy atom. The van der Waals surface area contributed by atoms with Crippen molar-refractivity contribution in [2.24, 2.45) is 0 Å². The Balaban J connectivity index is 1.60. The molecule has 1 heterocycles. The van der Waals surface area contributed by atoms with E-state index in [0.717, 1.165) is 56.9 Å². The van der Waals surface area contributed by atoms with Gasteiger partial charge in [-0.15, -0.1) is 0 Å². The predicted octanol–water partition coefficient (Wildman–Crippen LogP) is 4.84. The second-order valence-corrected chi connectivity index (χ2v) is 9.27. The molecule has 0 spiro atoms. The minimum Gasteiger partial charge on any atom is -0.481 e. The third-order valence-corrected chi connectivity index (χ3v) is 6.54. The molecule has 31 heavy (non-hydrogen) atoms. The van der Waals surface area contributed by atoms with Crippen LogP contribution in [0.3, 0.4) is 0 Å². The largest absolute Gasteiger partial charge is 0.481 e. The first kappa shape index (κ1) is 25.1. The minimum absolute atomic E-state index is 0.0927. The van der Waals surface area contributed by atoms with Crippen molar-refractivity contribution in [2.75, 3.05) is 13.6 Å². The van der Waals surface area contributed by atoms with E-state index in [4.69, 9.17) is 17.3 Å². The normalized spacial score (nSPS) is 15.0. The maximum absolute atomic E-state index is 12.3. The number of thiocarbonyl (C=S) groups is 1. The summed E-state index contributed by atoms with van der Waals surface area (Å²) in [6.45, 7) is 0.651. The minimum atomic E-state index is -0.715. The fourth-order valence-corrected chi connectivity index (χ4v) is 4.37. The highest BCUT2D eigenvalue weighted by atomic mass is 32.2. The van der Waals surface area contributed by atoms with Crippen LogP contribution in [0.4, 0.5) is 0 Å². The number of rotatable bonds is 13. The molecule has 1 aromatic carbocycles. The van der Waals surface area contributed by atoms with Crippen LogP contribution < -0.4 is 5.32 Å². The van der Waals surface area contributed by atoms with Crippen molar-refractivity contribution in [1.82, 2.24) is 10.2 Å². The number of hydrogen-bond donors (Lipinski definition) is 2. The molecule has 0 saturated carbocycles. The van der Waals surface area contributed by atoms with Crippen molar-refractivity contribution in [2.45, 2.75) is 57.8 Å². The molecule has 0 aliphatic carbocycles. The van der Waals surface area contributed by atoms with E-state index in [0.29, 0.717) is 21.3 Å². The van der Waals surface area contributed by atoms with Crippen LogP contribution in [-0.4, -0.2) is 45.7 Å². The summed E-state index contributed by atoms with van der Waals surface area (Å²) in [5, 5.41) is 11.5. The number of benzene rings is 1. The molecule has 168 valence electrons. The summed E-state index contributed by atoms with van der Waals surface area (Å²) in [6.07, 6.45) is 10.3. The molecule has 6 nitrogen and oxygen atoms in total. The number of aliphatic carboxylic acids is 1. The molecule has 1 saturated heterocycles. The molecule has 0 unspecified atom stereocenters. The van der Waals surface area contributed by atoms with Gasteiger partial charge in [0.05, 0.1) is 4.91 Å². The Bertz CT molecular complexity index is 821. The zero-order valence-corrected chi connectivity index (χ0v) is 19.5. The number of thioether (sulfide) groups is 1. The first-order valence-electron chi connectivity index (χ1n) is 10.7. The molecule has 0 bridgehead atoms. The second-order valence-electron chi connectivity index (χ2n) is 7.59. The third kappa shape index (κ3) is 8.83. The van der Waals surface area contributed by atoms with Gasteiger partial charge in [-0.05, 0) is 36.6 Å². The smallest absolute Gasteiger partial charge is 0.303 e. The van der Waals surface area contributed by atoms with Crippen LogP contribution in [0.25, 0.3) is 6.08 Å².